The summed E-state index contributed by atoms with van der Waals surface area (Å²) in [6, 6.07) is 3.94. The number of halogens is 1. The zero-order valence-electron chi connectivity index (χ0n) is 12.3. The summed E-state index contributed by atoms with van der Waals surface area (Å²) >= 11 is 0. The van der Waals surface area contributed by atoms with Gasteiger partial charge in [-0.05, 0) is 31.7 Å². The molecule has 1 saturated heterocycles. The summed E-state index contributed by atoms with van der Waals surface area (Å²) in [5.74, 6) is -0.398. The molecule has 0 radical (unpaired) electrons. The number of hydrogen-bond donors (Lipinski definition) is 1. The molecule has 1 N–H and O–H groups in total. The van der Waals surface area contributed by atoms with Gasteiger partial charge in [0.1, 0.15) is 5.82 Å². The van der Waals surface area contributed by atoms with E-state index in [0.29, 0.717) is 38.3 Å². The topological polar surface area (TPSA) is 58.6 Å². The van der Waals surface area contributed by atoms with E-state index in [9.17, 15) is 12.8 Å². The van der Waals surface area contributed by atoms with Crippen molar-refractivity contribution in [2.75, 3.05) is 26.2 Å². The lowest BCUT2D eigenvalue weighted by Gasteiger charge is -2.30. The molecule has 118 valence electrons. The zero-order valence-corrected chi connectivity index (χ0v) is 13.1. The van der Waals surface area contributed by atoms with Gasteiger partial charge >= 0.3 is 0 Å². The summed E-state index contributed by atoms with van der Waals surface area (Å²) in [4.78, 5) is 0.130. The number of sulfonamides is 1. The smallest absolute Gasteiger partial charge is 0.243 e. The Hall–Kier alpha value is -1.02. The van der Waals surface area contributed by atoms with Gasteiger partial charge in [0.2, 0.25) is 10.0 Å². The summed E-state index contributed by atoms with van der Waals surface area (Å²) in [5.41, 5.74) is 0.360. The second-order valence-electron chi connectivity index (χ2n) is 5.08. The minimum atomic E-state index is -3.60. The number of nitrogens with zero attached hydrogens (tertiary/aromatic N) is 1. The Morgan fingerprint density at radius 3 is 2.90 bits per heavy atom. The fourth-order valence-electron chi connectivity index (χ4n) is 2.26. The first-order valence-electron chi connectivity index (χ1n) is 7.06. The van der Waals surface area contributed by atoms with Crippen LogP contribution in [0.2, 0.25) is 0 Å². The third-order valence-corrected chi connectivity index (χ3v) is 5.29. The maximum Gasteiger partial charge on any atom is 0.243 e. The fraction of sp³-hybridized carbons (Fsp3) is 0.571. The third-order valence-electron chi connectivity index (χ3n) is 3.42. The molecule has 1 aromatic rings. The van der Waals surface area contributed by atoms with Gasteiger partial charge in [-0.2, -0.15) is 4.31 Å². The summed E-state index contributed by atoms with van der Waals surface area (Å²) < 4.78 is 45.7. The number of nitrogens with one attached hydrogen (secondary N) is 1. The first-order valence-corrected chi connectivity index (χ1v) is 8.50. The van der Waals surface area contributed by atoms with E-state index in [1.165, 1.54) is 22.5 Å². The highest BCUT2D eigenvalue weighted by Crippen LogP contribution is 2.21. The minimum Gasteiger partial charge on any atom is -0.376 e. The molecule has 0 aliphatic carbocycles. The third kappa shape index (κ3) is 3.79. The Kier molecular flexibility index (Phi) is 5.32. The number of morpholine rings is 1. The van der Waals surface area contributed by atoms with E-state index < -0.39 is 15.8 Å². The van der Waals surface area contributed by atoms with E-state index in [2.05, 4.69) is 5.32 Å². The summed E-state index contributed by atoms with van der Waals surface area (Å²) in [5, 5.41) is 3.00. The van der Waals surface area contributed by atoms with Crippen molar-refractivity contribution < 1.29 is 17.5 Å². The molecule has 1 aliphatic rings. The van der Waals surface area contributed by atoms with Gasteiger partial charge in [-0.1, -0.05) is 6.92 Å². The number of rotatable bonds is 5. The van der Waals surface area contributed by atoms with Crippen molar-refractivity contribution in [2.45, 2.75) is 31.4 Å². The van der Waals surface area contributed by atoms with Crippen molar-refractivity contribution in [1.29, 1.82) is 0 Å². The van der Waals surface area contributed by atoms with Gasteiger partial charge in [0.25, 0.3) is 0 Å². The van der Waals surface area contributed by atoms with Gasteiger partial charge in [0, 0.05) is 25.2 Å². The molecule has 0 bridgehead atoms. The van der Waals surface area contributed by atoms with Gasteiger partial charge in [-0.15, -0.1) is 0 Å². The monoisotopic (exact) mass is 316 g/mol. The van der Waals surface area contributed by atoms with E-state index >= 15 is 0 Å². The van der Waals surface area contributed by atoms with Gasteiger partial charge in [0.05, 0.1) is 17.6 Å². The van der Waals surface area contributed by atoms with Gasteiger partial charge in [0.15, 0.2) is 0 Å². The molecule has 7 heteroatoms. The average Bonchev–Trinajstić information content (AvgIpc) is 2.46. The minimum absolute atomic E-state index is 0.129. The van der Waals surface area contributed by atoms with E-state index in [4.69, 9.17) is 4.74 Å². The Labute approximate surface area is 125 Å². The van der Waals surface area contributed by atoms with E-state index in [0.717, 1.165) is 0 Å². The molecule has 0 aromatic heterocycles. The van der Waals surface area contributed by atoms with Crippen LogP contribution in [0.25, 0.3) is 0 Å². The lowest BCUT2D eigenvalue weighted by atomic mass is 10.2. The van der Waals surface area contributed by atoms with Crippen LogP contribution in [0.3, 0.4) is 0 Å². The first-order chi connectivity index (χ1) is 9.95. The molecule has 2 rings (SSSR count). The number of ether oxygens (including phenoxy) is 1. The highest BCUT2D eigenvalue weighted by atomic mass is 32.2. The van der Waals surface area contributed by atoms with Gasteiger partial charge in [-0.3, -0.25) is 0 Å². The maximum absolute atomic E-state index is 13.7. The van der Waals surface area contributed by atoms with Crippen molar-refractivity contribution in [1.82, 2.24) is 9.62 Å². The lowest BCUT2D eigenvalue weighted by molar-refractivity contribution is 0.0102. The van der Waals surface area contributed by atoms with Crippen molar-refractivity contribution >= 4 is 10.0 Å². The van der Waals surface area contributed by atoms with Crippen LogP contribution < -0.4 is 5.32 Å². The van der Waals surface area contributed by atoms with Gasteiger partial charge in [-0.25, -0.2) is 12.8 Å². The zero-order chi connectivity index (χ0) is 15.5. The predicted molar refractivity (Wildman–Crippen MR) is 78.0 cm³/mol. The van der Waals surface area contributed by atoms with Crippen molar-refractivity contribution in [2.24, 2.45) is 0 Å². The van der Waals surface area contributed by atoms with Crippen molar-refractivity contribution in [3.8, 4) is 0 Å². The summed E-state index contributed by atoms with van der Waals surface area (Å²) in [7, 11) is -3.60. The van der Waals surface area contributed by atoms with E-state index in [1.807, 2.05) is 13.8 Å². The maximum atomic E-state index is 13.7. The standard InChI is InChI=1S/C14H21FN2O3S/c1-3-16-9-12-8-13(4-5-14(12)15)21(18,19)17-6-7-20-11(2)10-17/h4-5,8,11,16H,3,6-7,9-10H2,1-2H3. The SMILES string of the molecule is CCNCc1cc(S(=O)(=O)N2CCOC(C)C2)ccc1F. The fourth-order valence-corrected chi connectivity index (χ4v) is 3.81. The normalized spacial score (nSPS) is 20.6. The van der Waals surface area contributed by atoms with Crippen LogP contribution in [-0.2, 0) is 21.3 Å². The largest absolute Gasteiger partial charge is 0.376 e. The molecular formula is C14H21FN2O3S. The number of hydrogen-bond acceptors (Lipinski definition) is 4. The lowest BCUT2D eigenvalue weighted by Crippen LogP contribution is -2.44. The van der Waals surface area contributed by atoms with Crippen LogP contribution >= 0.6 is 0 Å². The Balaban J connectivity index is 2.27. The first kappa shape index (κ1) is 16.4. The Morgan fingerprint density at radius 1 is 1.48 bits per heavy atom. The molecule has 0 amide bonds. The van der Waals surface area contributed by atoms with Crippen LogP contribution in [-0.4, -0.2) is 45.1 Å². The van der Waals surface area contributed by atoms with E-state index in [1.54, 1.807) is 0 Å². The molecule has 1 fully saturated rings. The Bertz CT molecular complexity index is 592. The molecule has 0 spiro atoms. The summed E-state index contributed by atoms with van der Waals surface area (Å²) in [6.45, 7) is 5.78. The second-order valence-corrected chi connectivity index (χ2v) is 7.02. The molecule has 1 atom stereocenters. The molecule has 1 aromatic carbocycles. The van der Waals surface area contributed by atoms with Crippen LogP contribution in [0.5, 0.6) is 0 Å². The molecule has 0 saturated carbocycles. The predicted octanol–water partition coefficient (Wildman–Crippen LogP) is 1.34. The number of benzene rings is 1. The molecular weight excluding hydrogens is 295 g/mol. The van der Waals surface area contributed by atoms with Crippen LogP contribution in [0.1, 0.15) is 19.4 Å². The van der Waals surface area contributed by atoms with E-state index in [-0.39, 0.29) is 11.0 Å². The molecule has 1 aliphatic heterocycles. The molecule has 21 heavy (non-hydrogen) atoms. The quantitative estimate of drug-likeness (QED) is 0.891. The molecule has 5 nitrogen and oxygen atoms in total. The molecule has 1 unspecified atom stereocenters. The average molecular weight is 316 g/mol. The van der Waals surface area contributed by atoms with Gasteiger partial charge < -0.3 is 10.1 Å². The highest BCUT2D eigenvalue weighted by molar-refractivity contribution is 7.89. The van der Waals surface area contributed by atoms with Crippen molar-refractivity contribution in [3.05, 3.63) is 29.6 Å². The molecule has 1 heterocycles. The second kappa shape index (κ2) is 6.83. The summed E-state index contributed by atoms with van der Waals surface area (Å²) in [6.07, 6.45) is -0.129. The van der Waals surface area contributed by atoms with Crippen LogP contribution in [0, 0.1) is 5.82 Å². The highest BCUT2D eigenvalue weighted by Gasteiger charge is 2.29. The van der Waals surface area contributed by atoms with Crippen molar-refractivity contribution in [3.63, 3.8) is 0 Å². The van der Waals surface area contributed by atoms with Crippen LogP contribution in [0.4, 0.5) is 4.39 Å². The van der Waals surface area contributed by atoms with Crippen LogP contribution in [0.15, 0.2) is 23.1 Å². The Morgan fingerprint density at radius 2 is 2.24 bits per heavy atom.